The number of likely N-dealkylation sites (N-methyl/N-ethyl adjacent to an activating group) is 1. The molecule has 0 unspecified atom stereocenters. The predicted octanol–water partition coefficient (Wildman–Crippen LogP) is 4.62. The number of methoxy groups -OCH3 is 1. The van der Waals surface area contributed by atoms with Gasteiger partial charge in [-0.15, -0.1) is 11.3 Å². The van der Waals surface area contributed by atoms with E-state index in [1.807, 2.05) is 53.3 Å². The maximum Gasteiger partial charge on any atom is 0.268 e. The van der Waals surface area contributed by atoms with E-state index in [4.69, 9.17) is 9.84 Å². The number of fused-ring (bicyclic) bond motifs is 1. The summed E-state index contributed by atoms with van der Waals surface area (Å²) in [6.45, 7) is 3.51. The number of amides is 2. The summed E-state index contributed by atoms with van der Waals surface area (Å²) in [6.07, 6.45) is 5.46. The summed E-state index contributed by atoms with van der Waals surface area (Å²) in [5, 5.41) is 14.4. The number of rotatable bonds is 11. The van der Waals surface area contributed by atoms with Gasteiger partial charge in [0.05, 0.1) is 10.2 Å². The highest BCUT2D eigenvalue weighted by Gasteiger charge is 2.26. The van der Waals surface area contributed by atoms with Gasteiger partial charge >= 0.3 is 0 Å². The van der Waals surface area contributed by atoms with Crippen LogP contribution in [-0.2, 0) is 22.5 Å². The molecule has 4 rings (SSSR count). The Labute approximate surface area is 217 Å². The van der Waals surface area contributed by atoms with Gasteiger partial charge in [-0.05, 0) is 86.6 Å². The van der Waals surface area contributed by atoms with Crippen LogP contribution in [-0.4, -0.2) is 54.4 Å². The lowest BCUT2D eigenvalue weighted by Crippen LogP contribution is -2.40. The van der Waals surface area contributed by atoms with E-state index >= 15 is 0 Å². The standard InChI is InChI=1S/C28H37N3O4S/c1-3-30(23-8-4-6-20(16-23)7-5-14-32)27(33)18-31-24-13-15-36-26(24)17-25(31)28(34)29-22-11-9-21(10-12-22)19-35-2/h4,6,8,13,15-17,21-22,32H,3,5,7,9-12,14,18-19H2,1-2H3,(H,29,34)/t21-,22-. The molecule has 8 heteroatoms. The number of ether oxygens (including phenoxy) is 1. The Morgan fingerprint density at radius 1 is 1.19 bits per heavy atom. The molecule has 1 aromatic carbocycles. The lowest BCUT2D eigenvalue weighted by molar-refractivity contribution is -0.119. The van der Waals surface area contributed by atoms with Crippen molar-refractivity contribution in [1.29, 1.82) is 0 Å². The molecular formula is C28H37N3O4S. The van der Waals surface area contributed by atoms with Crippen molar-refractivity contribution in [2.75, 3.05) is 31.8 Å². The SMILES string of the molecule is CCN(C(=O)Cn1c(C(=O)N[C@H]2CC[C@H](COC)CC2)cc2sccc21)c1cccc(CCCO)c1. The zero-order valence-electron chi connectivity index (χ0n) is 21.2. The number of hydrogen-bond donors (Lipinski definition) is 2. The summed E-state index contributed by atoms with van der Waals surface area (Å²) in [5.41, 5.74) is 3.38. The number of benzene rings is 1. The number of hydrogen-bond acceptors (Lipinski definition) is 5. The van der Waals surface area contributed by atoms with Crippen molar-refractivity contribution >= 4 is 39.1 Å². The van der Waals surface area contributed by atoms with E-state index in [0.29, 0.717) is 24.6 Å². The Bertz CT molecular complexity index is 1160. The first-order valence-electron chi connectivity index (χ1n) is 12.9. The maximum atomic E-state index is 13.5. The van der Waals surface area contributed by atoms with E-state index in [9.17, 15) is 9.59 Å². The molecule has 194 valence electrons. The number of aliphatic hydroxyl groups is 1. The fraction of sp³-hybridized carbons (Fsp3) is 0.500. The quantitative estimate of drug-likeness (QED) is 0.394. The van der Waals surface area contributed by atoms with Gasteiger partial charge < -0.3 is 24.6 Å². The smallest absolute Gasteiger partial charge is 0.268 e. The Balaban J connectivity index is 1.50. The molecule has 1 aliphatic carbocycles. The number of nitrogens with one attached hydrogen (secondary N) is 1. The van der Waals surface area contributed by atoms with Gasteiger partial charge in [0.25, 0.3) is 5.91 Å². The monoisotopic (exact) mass is 511 g/mol. The molecule has 3 aromatic rings. The van der Waals surface area contributed by atoms with Gasteiger partial charge in [-0.2, -0.15) is 0 Å². The van der Waals surface area contributed by atoms with E-state index in [2.05, 4.69) is 5.32 Å². The van der Waals surface area contributed by atoms with Crippen molar-refractivity contribution in [3.05, 3.63) is 53.0 Å². The van der Waals surface area contributed by atoms with E-state index < -0.39 is 0 Å². The molecule has 36 heavy (non-hydrogen) atoms. The lowest BCUT2D eigenvalue weighted by Gasteiger charge is -2.28. The second kappa shape index (κ2) is 12.5. The fourth-order valence-corrected chi connectivity index (χ4v) is 6.01. The summed E-state index contributed by atoms with van der Waals surface area (Å²) in [5.74, 6) is 0.391. The summed E-state index contributed by atoms with van der Waals surface area (Å²) < 4.78 is 8.16. The zero-order valence-corrected chi connectivity index (χ0v) is 22.1. The highest BCUT2D eigenvalue weighted by Crippen LogP contribution is 2.28. The van der Waals surface area contributed by atoms with Crippen LogP contribution in [0.1, 0.15) is 55.1 Å². The molecular weight excluding hydrogens is 474 g/mol. The van der Waals surface area contributed by atoms with Crippen LogP contribution in [0, 0.1) is 5.92 Å². The molecule has 1 saturated carbocycles. The predicted molar refractivity (Wildman–Crippen MR) is 145 cm³/mol. The minimum atomic E-state index is -0.115. The summed E-state index contributed by atoms with van der Waals surface area (Å²) in [6, 6.07) is 12.0. The van der Waals surface area contributed by atoms with Crippen LogP contribution in [0.4, 0.5) is 5.69 Å². The van der Waals surface area contributed by atoms with Crippen LogP contribution >= 0.6 is 11.3 Å². The van der Waals surface area contributed by atoms with Gasteiger partial charge in [0, 0.05) is 38.6 Å². The molecule has 1 fully saturated rings. The number of thiophene rings is 1. The molecule has 7 nitrogen and oxygen atoms in total. The molecule has 1 aliphatic rings. The van der Waals surface area contributed by atoms with Gasteiger partial charge in [0.1, 0.15) is 12.2 Å². The second-order valence-corrected chi connectivity index (χ2v) is 10.5. The lowest BCUT2D eigenvalue weighted by atomic mass is 9.86. The minimum Gasteiger partial charge on any atom is -0.396 e. The van der Waals surface area contributed by atoms with Gasteiger partial charge in [0.15, 0.2) is 0 Å². The van der Waals surface area contributed by atoms with E-state index in [1.54, 1.807) is 23.3 Å². The first-order valence-corrected chi connectivity index (χ1v) is 13.8. The zero-order chi connectivity index (χ0) is 25.5. The summed E-state index contributed by atoms with van der Waals surface area (Å²) in [7, 11) is 1.74. The molecule has 0 aliphatic heterocycles. The average molecular weight is 512 g/mol. The number of aryl methyl sites for hydroxylation is 1. The first-order chi connectivity index (χ1) is 17.5. The third kappa shape index (κ3) is 6.17. The molecule has 2 N–H and O–H groups in total. The molecule has 2 heterocycles. The number of aromatic nitrogens is 1. The van der Waals surface area contributed by atoms with Crippen molar-refractivity contribution in [3.8, 4) is 0 Å². The van der Waals surface area contributed by atoms with Crippen LogP contribution in [0.5, 0.6) is 0 Å². The Kier molecular flexibility index (Phi) is 9.18. The van der Waals surface area contributed by atoms with Crippen molar-refractivity contribution in [2.45, 2.75) is 58.0 Å². The molecule has 0 bridgehead atoms. The van der Waals surface area contributed by atoms with E-state index in [-0.39, 0.29) is 31.0 Å². The first kappa shape index (κ1) is 26.4. The van der Waals surface area contributed by atoms with Gasteiger partial charge in [0.2, 0.25) is 5.91 Å². The van der Waals surface area contributed by atoms with Crippen molar-refractivity contribution in [1.82, 2.24) is 9.88 Å². The number of anilines is 1. The van der Waals surface area contributed by atoms with Gasteiger partial charge in [-0.25, -0.2) is 0 Å². The van der Waals surface area contributed by atoms with Crippen molar-refractivity contribution < 1.29 is 19.4 Å². The molecule has 2 aromatic heterocycles. The molecule has 2 amide bonds. The third-order valence-corrected chi connectivity index (χ3v) is 7.95. The molecule has 0 spiro atoms. The Hall–Kier alpha value is -2.68. The highest BCUT2D eigenvalue weighted by molar-refractivity contribution is 7.17. The number of aliphatic hydroxyl groups excluding tert-OH is 1. The number of nitrogens with zero attached hydrogens (tertiary/aromatic N) is 2. The van der Waals surface area contributed by atoms with Crippen molar-refractivity contribution in [2.24, 2.45) is 5.92 Å². The molecule has 0 radical (unpaired) electrons. The largest absolute Gasteiger partial charge is 0.396 e. The minimum absolute atomic E-state index is 0.0605. The van der Waals surface area contributed by atoms with Gasteiger partial charge in [-0.3, -0.25) is 9.59 Å². The topological polar surface area (TPSA) is 83.8 Å². The third-order valence-electron chi connectivity index (χ3n) is 7.10. The average Bonchev–Trinajstić information content (AvgIpc) is 3.47. The molecule has 0 atom stereocenters. The Morgan fingerprint density at radius 2 is 2.00 bits per heavy atom. The van der Waals surface area contributed by atoms with Crippen molar-refractivity contribution in [3.63, 3.8) is 0 Å². The van der Waals surface area contributed by atoms with E-state index in [1.165, 1.54) is 0 Å². The van der Waals surface area contributed by atoms with Crippen LogP contribution in [0.25, 0.3) is 10.2 Å². The maximum absolute atomic E-state index is 13.5. The van der Waals surface area contributed by atoms with Crippen LogP contribution < -0.4 is 10.2 Å². The summed E-state index contributed by atoms with van der Waals surface area (Å²) in [4.78, 5) is 28.6. The van der Waals surface area contributed by atoms with Crippen LogP contribution in [0.15, 0.2) is 41.8 Å². The van der Waals surface area contributed by atoms with Crippen LogP contribution in [0.3, 0.4) is 0 Å². The fourth-order valence-electron chi connectivity index (χ4n) is 5.19. The van der Waals surface area contributed by atoms with E-state index in [0.717, 1.165) is 60.2 Å². The number of carbonyl (C=O) groups excluding carboxylic acids is 2. The van der Waals surface area contributed by atoms with Gasteiger partial charge in [-0.1, -0.05) is 12.1 Å². The number of carbonyl (C=O) groups is 2. The molecule has 0 saturated heterocycles. The second-order valence-electron chi connectivity index (χ2n) is 9.57. The Morgan fingerprint density at radius 3 is 2.72 bits per heavy atom. The van der Waals surface area contributed by atoms with Crippen LogP contribution in [0.2, 0.25) is 0 Å². The highest BCUT2D eigenvalue weighted by atomic mass is 32.1. The normalized spacial score (nSPS) is 17.9. The summed E-state index contributed by atoms with van der Waals surface area (Å²) >= 11 is 1.58.